The molecule has 0 aliphatic carbocycles. The highest BCUT2D eigenvalue weighted by Crippen LogP contribution is 2.28. The molecule has 0 unspecified atom stereocenters. The Bertz CT molecular complexity index is 549. The van der Waals surface area contributed by atoms with Crippen molar-refractivity contribution in [2.75, 3.05) is 5.43 Å². The van der Waals surface area contributed by atoms with E-state index in [0.717, 1.165) is 26.1 Å². The van der Waals surface area contributed by atoms with E-state index in [1.165, 1.54) is 0 Å². The number of hydrogen-bond acceptors (Lipinski definition) is 4. The zero-order valence-electron chi connectivity index (χ0n) is 9.36. The highest BCUT2D eigenvalue weighted by atomic mass is 79.9. The van der Waals surface area contributed by atoms with Gasteiger partial charge in [-0.3, -0.25) is 10.8 Å². The second kappa shape index (κ2) is 6.17. The van der Waals surface area contributed by atoms with Crippen molar-refractivity contribution in [2.24, 2.45) is 5.84 Å². The van der Waals surface area contributed by atoms with Crippen molar-refractivity contribution in [1.82, 2.24) is 4.98 Å². The van der Waals surface area contributed by atoms with Crippen molar-refractivity contribution in [1.29, 1.82) is 0 Å². The first-order chi connectivity index (χ1) is 8.69. The number of rotatable bonds is 4. The third kappa shape index (κ3) is 3.44. The number of hydrogen-bond donors (Lipinski definition) is 2. The summed E-state index contributed by atoms with van der Waals surface area (Å²) in [7, 11) is 0. The number of nitrogens with one attached hydrogen (secondary N) is 1. The number of nitrogen functional groups attached to an aromatic ring is 1. The topological polar surface area (TPSA) is 60.2 Å². The number of halogens is 2. The lowest BCUT2D eigenvalue weighted by molar-refractivity contribution is 0.299. The molecule has 1 aromatic heterocycles. The Morgan fingerprint density at radius 1 is 1.22 bits per heavy atom. The SMILES string of the molecule is NNc1ccnc(COc2ccc(Br)cc2Br)c1. The first kappa shape index (κ1) is 13.3. The molecule has 2 aromatic rings. The Morgan fingerprint density at radius 3 is 2.78 bits per heavy atom. The largest absolute Gasteiger partial charge is 0.486 e. The smallest absolute Gasteiger partial charge is 0.134 e. The van der Waals surface area contributed by atoms with E-state index < -0.39 is 0 Å². The molecule has 0 atom stereocenters. The first-order valence-corrected chi connectivity index (χ1v) is 6.77. The minimum Gasteiger partial charge on any atom is -0.486 e. The molecule has 0 fully saturated rings. The number of aromatic nitrogens is 1. The summed E-state index contributed by atoms with van der Waals surface area (Å²) in [4.78, 5) is 4.20. The molecule has 0 amide bonds. The summed E-state index contributed by atoms with van der Waals surface area (Å²) in [6.07, 6.45) is 1.69. The van der Waals surface area contributed by atoms with Crippen LogP contribution in [0, 0.1) is 0 Å². The molecule has 0 aliphatic heterocycles. The van der Waals surface area contributed by atoms with Gasteiger partial charge in [0.15, 0.2) is 0 Å². The van der Waals surface area contributed by atoms with Gasteiger partial charge in [0, 0.05) is 10.7 Å². The average molecular weight is 373 g/mol. The summed E-state index contributed by atoms with van der Waals surface area (Å²) >= 11 is 6.83. The Balaban J connectivity index is 2.06. The minimum absolute atomic E-state index is 0.385. The Morgan fingerprint density at radius 2 is 2.06 bits per heavy atom. The molecule has 0 saturated carbocycles. The molecule has 2 rings (SSSR count). The fourth-order valence-electron chi connectivity index (χ4n) is 1.39. The highest BCUT2D eigenvalue weighted by molar-refractivity contribution is 9.11. The van der Waals surface area contributed by atoms with Gasteiger partial charge in [-0.1, -0.05) is 15.9 Å². The van der Waals surface area contributed by atoms with Crippen LogP contribution in [-0.4, -0.2) is 4.98 Å². The van der Waals surface area contributed by atoms with E-state index in [2.05, 4.69) is 42.3 Å². The van der Waals surface area contributed by atoms with Gasteiger partial charge in [-0.15, -0.1) is 0 Å². The van der Waals surface area contributed by atoms with E-state index >= 15 is 0 Å². The number of anilines is 1. The van der Waals surface area contributed by atoms with E-state index in [1.807, 2.05) is 24.3 Å². The minimum atomic E-state index is 0.385. The van der Waals surface area contributed by atoms with Gasteiger partial charge >= 0.3 is 0 Å². The molecular weight excluding hydrogens is 362 g/mol. The summed E-state index contributed by atoms with van der Waals surface area (Å²) in [5.41, 5.74) is 4.18. The summed E-state index contributed by atoms with van der Waals surface area (Å²) in [5, 5.41) is 0. The summed E-state index contributed by atoms with van der Waals surface area (Å²) in [6, 6.07) is 9.37. The highest BCUT2D eigenvalue weighted by Gasteiger charge is 2.03. The van der Waals surface area contributed by atoms with Crippen LogP contribution < -0.4 is 16.0 Å². The van der Waals surface area contributed by atoms with Crippen LogP contribution in [-0.2, 0) is 6.61 Å². The molecule has 1 heterocycles. The van der Waals surface area contributed by atoms with Gasteiger partial charge in [0.05, 0.1) is 15.9 Å². The molecule has 0 saturated heterocycles. The van der Waals surface area contributed by atoms with Crippen LogP contribution in [0.25, 0.3) is 0 Å². The van der Waals surface area contributed by atoms with E-state index in [0.29, 0.717) is 6.61 Å². The zero-order chi connectivity index (χ0) is 13.0. The average Bonchev–Trinajstić information content (AvgIpc) is 2.38. The molecule has 6 heteroatoms. The number of ether oxygens (including phenoxy) is 1. The van der Waals surface area contributed by atoms with Crippen LogP contribution in [0.1, 0.15) is 5.69 Å². The van der Waals surface area contributed by atoms with Crippen LogP contribution in [0.2, 0.25) is 0 Å². The van der Waals surface area contributed by atoms with Gasteiger partial charge in [-0.05, 0) is 46.3 Å². The fraction of sp³-hybridized carbons (Fsp3) is 0.0833. The molecule has 4 nitrogen and oxygen atoms in total. The quantitative estimate of drug-likeness (QED) is 0.637. The van der Waals surface area contributed by atoms with E-state index in [1.54, 1.807) is 12.3 Å². The summed E-state index contributed by atoms with van der Waals surface area (Å²) < 4.78 is 7.57. The third-order valence-electron chi connectivity index (χ3n) is 2.25. The van der Waals surface area contributed by atoms with Gasteiger partial charge in [0.2, 0.25) is 0 Å². The Kier molecular flexibility index (Phi) is 4.57. The van der Waals surface area contributed by atoms with Gasteiger partial charge in [0.1, 0.15) is 12.4 Å². The van der Waals surface area contributed by atoms with Crippen LogP contribution in [0.3, 0.4) is 0 Å². The number of hydrazine groups is 1. The maximum Gasteiger partial charge on any atom is 0.134 e. The molecule has 94 valence electrons. The van der Waals surface area contributed by atoms with Crippen molar-refractivity contribution < 1.29 is 4.74 Å². The fourth-order valence-corrected chi connectivity index (χ4v) is 2.55. The van der Waals surface area contributed by atoms with E-state index in [-0.39, 0.29) is 0 Å². The number of benzene rings is 1. The van der Waals surface area contributed by atoms with Gasteiger partial charge in [-0.2, -0.15) is 0 Å². The molecule has 0 spiro atoms. The zero-order valence-corrected chi connectivity index (χ0v) is 12.5. The van der Waals surface area contributed by atoms with Crippen molar-refractivity contribution in [3.8, 4) is 5.75 Å². The van der Waals surface area contributed by atoms with Gasteiger partial charge < -0.3 is 10.2 Å². The van der Waals surface area contributed by atoms with Gasteiger partial charge in [0.25, 0.3) is 0 Å². The monoisotopic (exact) mass is 371 g/mol. The molecule has 1 aromatic carbocycles. The van der Waals surface area contributed by atoms with Crippen molar-refractivity contribution in [3.63, 3.8) is 0 Å². The summed E-state index contributed by atoms with van der Waals surface area (Å²) in [6.45, 7) is 0.385. The third-order valence-corrected chi connectivity index (χ3v) is 3.37. The maximum atomic E-state index is 5.68. The standard InChI is InChI=1S/C12H11Br2N3O/c13-8-1-2-12(11(14)5-8)18-7-10-6-9(17-15)3-4-16-10/h1-6H,7,15H2,(H,16,17). The van der Waals surface area contributed by atoms with E-state index in [9.17, 15) is 0 Å². The van der Waals surface area contributed by atoms with Crippen LogP contribution in [0.5, 0.6) is 5.75 Å². The normalized spacial score (nSPS) is 10.2. The predicted octanol–water partition coefficient (Wildman–Crippen LogP) is 3.47. The molecule has 0 aliphatic rings. The molecular formula is C12H11Br2N3O. The van der Waals surface area contributed by atoms with Crippen molar-refractivity contribution in [2.45, 2.75) is 6.61 Å². The number of nitrogens with zero attached hydrogens (tertiary/aromatic N) is 1. The molecule has 0 radical (unpaired) electrons. The second-order valence-corrected chi connectivity index (χ2v) is 5.31. The summed E-state index contributed by atoms with van der Waals surface area (Å²) in [5.74, 6) is 6.10. The Hall–Kier alpha value is -1.11. The van der Waals surface area contributed by atoms with Gasteiger partial charge in [-0.25, -0.2) is 0 Å². The molecule has 3 N–H and O–H groups in total. The predicted molar refractivity (Wildman–Crippen MR) is 78.2 cm³/mol. The van der Waals surface area contributed by atoms with Crippen molar-refractivity contribution in [3.05, 3.63) is 51.2 Å². The van der Waals surface area contributed by atoms with Crippen LogP contribution >= 0.6 is 31.9 Å². The lowest BCUT2D eigenvalue weighted by atomic mass is 10.3. The molecule has 0 bridgehead atoms. The van der Waals surface area contributed by atoms with E-state index in [4.69, 9.17) is 10.6 Å². The van der Waals surface area contributed by atoms with Crippen molar-refractivity contribution >= 4 is 37.5 Å². The lowest BCUT2D eigenvalue weighted by Gasteiger charge is -2.09. The number of nitrogens with two attached hydrogens (primary N) is 1. The maximum absolute atomic E-state index is 5.68. The first-order valence-electron chi connectivity index (χ1n) is 5.18. The number of pyridine rings is 1. The lowest BCUT2D eigenvalue weighted by Crippen LogP contribution is -2.08. The Labute approximate surface area is 122 Å². The second-order valence-electron chi connectivity index (χ2n) is 3.54. The van der Waals surface area contributed by atoms with Crippen LogP contribution in [0.15, 0.2) is 45.5 Å². The molecule has 18 heavy (non-hydrogen) atoms. The van der Waals surface area contributed by atoms with Crippen LogP contribution in [0.4, 0.5) is 5.69 Å².